The number of likely N-dealkylation sites (tertiary alicyclic amines) is 1. The van der Waals surface area contributed by atoms with Crippen LogP contribution in [-0.4, -0.2) is 73.7 Å². The maximum atomic E-state index is 13.3. The number of hydrogen-bond donors (Lipinski definition) is 1. The van der Waals surface area contributed by atoms with E-state index in [-0.39, 0.29) is 12.0 Å². The Kier molecular flexibility index (Phi) is 6.60. The molecule has 6 heteroatoms. The van der Waals surface area contributed by atoms with Crippen molar-refractivity contribution >= 4 is 5.91 Å². The van der Waals surface area contributed by atoms with Crippen LogP contribution in [0.3, 0.4) is 0 Å². The first-order chi connectivity index (χ1) is 14.1. The summed E-state index contributed by atoms with van der Waals surface area (Å²) in [4.78, 5) is 17.8. The maximum Gasteiger partial charge on any atom is 0.257 e. The number of ether oxygens (including phenoxy) is 2. The van der Waals surface area contributed by atoms with E-state index in [0.29, 0.717) is 23.1 Å². The van der Waals surface area contributed by atoms with Gasteiger partial charge in [-0.3, -0.25) is 4.79 Å². The van der Waals surface area contributed by atoms with Gasteiger partial charge in [-0.1, -0.05) is 12.8 Å². The zero-order chi connectivity index (χ0) is 20.2. The van der Waals surface area contributed by atoms with E-state index in [1.165, 1.54) is 25.7 Å². The normalized spacial score (nSPS) is 24.6. The molecule has 0 bridgehead atoms. The number of nitrogens with zero attached hydrogens (tertiary/aromatic N) is 2. The Morgan fingerprint density at radius 1 is 1.10 bits per heavy atom. The van der Waals surface area contributed by atoms with E-state index >= 15 is 0 Å². The first-order valence-corrected chi connectivity index (χ1v) is 11.3. The van der Waals surface area contributed by atoms with Gasteiger partial charge < -0.3 is 24.6 Å². The Morgan fingerprint density at radius 2 is 1.86 bits per heavy atom. The topological polar surface area (TPSA) is 54.0 Å². The van der Waals surface area contributed by atoms with Crippen LogP contribution >= 0.6 is 0 Å². The van der Waals surface area contributed by atoms with Crippen LogP contribution in [0.1, 0.15) is 55.8 Å². The van der Waals surface area contributed by atoms with Crippen molar-refractivity contribution in [2.24, 2.45) is 0 Å². The monoisotopic (exact) mass is 401 g/mol. The van der Waals surface area contributed by atoms with Crippen LogP contribution in [0, 0.1) is 0 Å². The minimum absolute atomic E-state index is 0.0376. The van der Waals surface area contributed by atoms with Gasteiger partial charge in [-0.2, -0.15) is 0 Å². The zero-order valence-corrected chi connectivity index (χ0v) is 17.9. The smallest absolute Gasteiger partial charge is 0.257 e. The molecule has 0 unspecified atom stereocenters. The van der Waals surface area contributed by atoms with Gasteiger partial charge in [-0.05, 0) is 50.8 Å². The molecule has 29 heavy (non-hydrogen) atoms. The summed E-state index contributed by atoms with van der Waals surface area (Å²) in [6.07, 6.45) is 7.69. The SMILES string of the molecule is COc1ccc(OC2CCN(C3CCCC3)CC2)c(C(=O)N2CCN[C@H](C)C2)c1. The molecule has 160 valence electrons. The number of hydrogen-bond acceptors (Lipinski definition) is 5. The molecule has 0 aromatic heterocycles. The third-order valence-corrected chi connectivity index (χ3v) is 6.68. The molecule has 3 fully saturated rings. The number of rotatable bonds is 5. The molecule has 1 amide bonds. The fraction of sp³-hybridized carbons (Fsp3) is 0.696. The summed E-state index contributed by atoms with van der Waals surface area (Å²) < 4.78 is 11.8. The van der Waals surface area contributed by atoms with Crippen molar-refractivity contribution in [3.8, 4) is 11.5 Å². The summed E-state index contributed by atoms with van der Waals surface area (Å²) in [6, 6.07) is 6.71. The van der Waals surface area contributed by atoms with Crippen molar-refractivity contribution in [2.75, 3.05) is 39.8 Å². The van der Waals surface area contributed by atoms with Gasteiger partial charge in [0.05, 0.1) is 12.7 Å². The number of benzene rings is 1. The highest BCUT2D eigenvalue weighted by atomic mass is 16.5. The molecular weight excluding hydrogens is 366 g/mol. The first-order valence-electron chi connectivity index (χ1n) is 11.3. The van der Waals surface area contributed by atoms with Crippen LogP contribution in [0.5, 0.6) is 11.5 Å². The third kappa shape index (κ3) is 4.86. The number of nitrogens with one attached hydrogen (secondary N) is 1. The highest BCUT2D eigenvalue weighted by Gasteiger charge is 2.30. The number of carbonyl (C=O) groups is 1. The lowest BCUT2D eigenvalue weighted by Crippen LogP contribution is -2.51. The maximum absolute atomic E-state index is 13.3. The summed E-state index contributed by atoms with van der Waals surface area (Å²) in [6.45, 7) is 6.58. The van der Waals surface area contributed by atoms with E-state index in [2.05, 4.69) is 17.1 Å². The lowest BCUT2D eigenvalue weighted by molar-refractivity contribution is 0.0664. The molecule has 1 atom stereocenters. The molecule has 1 aromatic carbocycles. The fourth-order valence-electron chi connectivity index (χ4n) is 5.00. The Balaban J connectivity index is 1.43. The van der Waals surface area contributed by atoms with Gasteiger partial charge in [0, 0.05) is 44.8 Å². The van der Waals surface area contributed by atoms with Gasteiger partial charge in [0.25, 0.3) is 5.91 Å². The summed E-state index contributed by atoms with van der Waals surface area (Å²) in [5.41, 5.74) is 0.622. The van der Waals surface area contributed by atoms with Gasteiger partial charge in [0.15, 0.2) is 0 Å². The molecule has 2 heterocycles. The second-order valence-corrected chi connectivity index (χ2v) is 8.76. The van der Waals surface area contributed by atoms with Crippen LogP contribution in [0.25, 0.3) is 0 Å². The third-order valence-electron chi connectivity index (χ3n) is 6.68. The van der Waals surface area contributed by atoms with Crippen LogP contribution in [0.15, 0.2) is 18.2 Å². The number of piperazine rings is 1. The lowest BCUT2D eigenvalue weighted by Gasteiger charge is -2.36. The number of piperidine rings is 1. The van der Waals surface area contributed by atoms with E-state index in [1.807, 2.05) is 23.1 Å². The van der Waals surface area contributed by atoms with E-state index in [9.17, 15) is 4.79 Å². The average molecular weight is 402 g/mol. The van der Waals surface area contributed by atoms with Gasteiger partial charge >= 0.3 is 0 Å². The van der Waals surface area contributed by atoms with Crippen LogP contribution in [0.2, 0.25) is 0 Å². The highest BCUT2D eigenvalue weighted by molar-refractivity contribution is 5.97. The summed E-state index contributed by atoms with van der Waals surface area (Å²) in [5, 5.41) is 3.39. The van der Waals surface area contributed by atoms with Crippen LogP contribution in [0.4, 0.5) is 0 Å². The van der Waals surface area contributed by atoms with Crippen molar-refractivity contribution in [1.29, 1.82) is 0 Å². The predicted octanol–water partition coefficient (Wildman–Crippen LogP) is 2.91. The van der Waals surface area contributed by atoms with Crippen molar-refractivity contribution < 1.29 is 14.3 Å². The van der Waals surface area contributed by atoms with Crippen molar-refractivity contribution in [3.05, 3.63) is 23.8 Å². The Hall–Kier alpha value is -1.79. The lowest BCUT2D eigenvalue weighted by atomic mass is 10.0. The fourth-order valence-corrected chi connectivity index (χ4v) is 5.00. The molecule has 2 aliphatic heterocycles. The second-order valence-electron chi connectivity index (χ2n) is 8.76. The Bertz CT molecular complexity index is 697. The molecular formula is C23H35N3O3. The largest absolute Gasteiger partial charge is 0.497 e. The predicted molar refractivity (Wildman–Crippen MR) is 114 cm³/mol. The number of amides is 1. The molecule has 2 saturated heterocycles. The van der Waals surface area contributed by atoms with Crippen molar-refractivity contribution in [2.45, 2.75) is 63.6 Å². The molecule has 3 aliphatic rings. The molecule has 0 spiro atoms. The molecule has 4 rings (SSSR count). The standard InChI is InChI=1S/C23H35N3O3/c1-17-16-26(14-11-24-17)23(27)21-15-20(28-2)7-8-22(21)29-19-9-12-25(13-10-19)18-5-3-4-6-18/h7-8,15,17-19,24H,3-6,9-14,16H2,1-2H3/t17-/m1/s1. The number of methoxy groups -OCH3 is 1. The number of carbonyl (C=O) groups excluding carboxylic acids is 1. The van der Waals surface area contributed by atoms with Gasteiger partial charge in [0.1, 0.15) is 17.6 Å². The summed E-state index contributed by atoms with van der Waals surface area (Å²) in [5.74, 6) is 1.43. The Labute approximate surface area is 174 Å². The van der Waals surface area contributed by atoms with E-state index in [0.717, 1.165) is 51.6 Å². The minimum atomic E-state index is 0.0376. The van der Waals surface area contributed by atoms with Gasteiger partial charge in [0.2, 0.25) is 0 Å². The minimum Gasteiger partial charge on any atom is -0.497 e. The van der Waals surface area contributed by atoms with Crippen LogP contribution in [-0.2, 0) is 0 Å². The molecule has 1 aromatic rings. The quantitative estimate of drug-likeness (QED) is 0.822. The Morgan fingerprint density at radius 3 is 2.55 bits per heavy atom. The molecule has 1 aliphatic carbocycles. The van der Waals surface area contributed by atoms with Gasteiger partial charge in [-0.15, -0.1) is 0 Å². The molecule has 0 radical (unpaired) electrons. The summed E-state index contributed by atoms with van der Waals surface area (Å²) >= 11 is 0. The first kappa shape index (κ1) is 20.5. The highest BCUT2D eigenvalue weighted by Crippen LogP contribution is 2.30. The molecule has 1 N–H and O–H groups in total. The second kappa shape index (κ2) is 9.35. The molecule has 1 saturated carbocycles. The zero-order valence-electron chi connectivity index (χ0n) is 17.9. The van der Waals surface area contributed by atoms with Gasteiger partial charge in [-0.25, -0.2) is 0 Å². The van der Waals surface area contributed by atoms with Crippen LogP contribution < -0.4 is 14.8 Å². The van der Waals surface area contributed by atoms with E-state index < -0.39 is 0 Å². The average Bonchev–Trinajstić information content (AvgIpc) is 3.29. The summed E-state index contributed by atoms with van der Waals surface area (Å²) in [7, 11) is 1.63. The van der Waals surface area contributed by atoms with E-state index in [4.69, 9.17) is 9.47 Å². The van der Waals surface area contributed by atoms with Crippen molar-refractivity contribution in [1.82, 2.24) is 15.1 Å². The molecule has 6 nitrogen and oxygen atoms in total. The van der Waals surface area contributed by atoms with Crippen molar-refractivity contribution in [3.63, 3.8) is 0 Å². The van der Waals surface area contributed by atoms with E-state index in [1.54, 1.807) is 7.11 Å².